The van der Waals surface area contributed by atoms with Gasteiger partial charge in [0.25, 0.3) is 0 Å². The third-order valence-corrected chi connectivity index (χ3v) is 3.76. The lowest BCUT2D eigenvalue weighted by Crippen LogP contribution is -1.94. The van der Waals surface area contributed by atoms with Crippen LogP contribution in [0.2, 0.25) is 0 Å². The maximum atomic E-state index is 6.46. The second-order valence-electron chi connectivity index (χ2n) is 3.79. The molecule has 2 heteroatoms. The topological polar surface area (TPSA) is 0 Å². The van der Waals surface area contributed by atoms with Crippen molar-refractivity contribution in [2.45, 2.75) is 12.3 Å². The van der Waals surface area contributed by atoms with Gasteiger partial charge in [-0.25, -0.2) is 0 Å². The first kappa shape index (κ1) is 11.7. The molecule has 0 saturated carbocycles. The highest BCUT2D eigenvalue weighted by Crippen LogP contribution is 2.33. The van der Waals surface area contributed by atoms with Crippen molar-refractivity contribution in [3.05, 3.63) is 69.7 Å². The van der Waals surface area contributed by atoms with E-state index < -0.39 is 0 Å². The summed E-state index contributed by atoms with van der Waals surface area (Å²) in [7, 11) is 0. The predicted octanol–water partition coefficient (Wildman–Crippen LogP) is 5.09. The summed E-state index contributed by atoms with van der Waals surface area (Å²) in [5, 5.41) is -0.101. The predicted molar refractivity (Wildman–Crippen MR) is 73.0 cm³/mol. The van der Waals surface area contributed by atoms with Crippen LogP contribution < -0.4 is 0 Å². The average molecular weight is 296 g/mol. The molecule has 0 radical (unpaired) electrons. The van der Waals surface area contributed by atoms with Crippen molar-refractivity contribution in [1.29, 1.82) is 0 Å². The lowest BCUT2D eigenvalue weighted by molar-refractivity contribution is 1.12. The Bertz CT molecular complexity index is 476. The van der Waals surface area contributed by atoms with Crippen LogP contribution in [0, 0.1) is 6.92 Å². The third kappa shape index (κ3) is 2.47. The molecule has 0 heterocycles. The summed E-state index contributed by atoms with van der Waals surface area (Å²) in [6, 6.07) is 16.4. The SMILES string of the molecule is Cc1ccc(C(Cl)c2ccccc2Br)cc1. The third-order valence-electron chi connectivity index (χ3n) is 2.55. The maximum absolute atomic E-state index is 6.46. The number of halogens is 2. The van der Waals surface area contributed by atoms with Crippen LogP contribution >= 0.6 is 27.5 Å². The zero-order chi connectivity index (χ0) is 11.5. The molecule has 1 atom stereocenters. The van der Waals surface area contributed by atoms with Gasteiger partial charge >= 0.3 is 0 Å². The molecule has 0 fully saturated rings. The molecule has 2 rings (SSSR count). The van der Waals surface area contributed by atoms with Gasteiger partial charge in [0.05, 0.1) is 5.38 Å². The van der Waals surface area contributed by atoms with Crippen LogP contribution in [-0.4, -0.2) is 0 Å². The molecule has 82 valence electrons. The van der Waals surface area contributed by atoms with Crippen LogP contribution in [0.15, 0.2) is 53.0 Å². The van der Waals surface area contributed by atoms with Gasteiger partial charge in [0, 0.05) is 4.47 Å². The molecule has 0 amide bonds. The van der Waals surface area contributed by atoms with E-state index in [0.717, 1.165) is 15.6 Å². The van der Waals surface area contributed by atoms with Gasteiger partial charge in [-0.05, 0) is 24.1 Å². The molecule has 2 aromatic carbocycles. The van der Waals surface area contributed by atoms with Crippen molar-refractivity contribution in [1.82, 2.24) is 0 Å². The molecule has 0 aliphatic heterocycles. The van der Waals surface area contributed by atoms with E-state index in [4.69, 9.17) is 11.6 Å². The molecule has 0 bridgehead atoms. The highest BCUT2D eigenvalue weighted by atomic mass is 79.9. The highest BCUT2D eigenvalue weighted by Gasteiger charge is 2.12. The Morgan fingerprint density at radius 1 is 1.00 bits per heavy atom. The van der Waals surface area contributed by atoms with Crippen molar-refractivity contribution in [2.24, 2.45) is 0 Å². The molecule has 2 aromatic rings. The summed E-state index contributed by atoms with van der Waals surface area (Å²) in [4.78, 5) is 0. The van der Waals surface area contributed by atoms with Crippen LogP contribution in [0.1, 0.15) is 22.1 Å². The second kappa shape index (κ2) is 5.03. The fourth-order valence-corrected chi connectivity index (χ4v) is 2.58. The number of rotatable bonds is 2. The van der Waals surface area contributed by atoms with Crippen LogP contribution in [0.3, 0.4) is 0 Å². The van der Waals surface area contributed by atoms with E-state index in [2.05, 4.69) is 47.1 Å². The van der Waals surface area contributed by atoms with E-state index in [1.807, 2.05) is 24.3 Å². The number of hydrogen-bond donors (Lipinski definition) is 0. The average Bonchev–Trinajstić information content (AvgIpc) is 2.30. The highest BCUT2D eigenvalue weighted by molar-refractivity contribution is 9.10. The Balaban J connectivity index is 2.35. The number of alkyl halides is 1. The van der Waals surface area contributed by atoms with Crippen molar-refractivity contribution in [3.63, 3.8) is 0 Å². The summed E-state index contributed by atoms with van der Waals surface area (Å²) < 4.78 is 1.05. The van der Waals surface area contributed by atoms with Gasteiger partial charge in [-0.15, -0.1) is 11.6 Å². The fraction of sp³-hybridized carbons (Fsp3) is 0.143. The number of aryl methyl sites for hydroxylation is 1. The summed E-state index contributed by atoms with van der Waals surface area (Å²) in [5.74, 6) is 0. The normalized spacial score (nSPS) is 12.4. The van der Waals surface area contributed by atoms with Gasteiger partial charge in [-0.3, -0.25) is 0 Å². The first-order valence-electron chi connectivity index (χ1n) is 5.13. The largest absolute Gasteiger partial charge is 0.113 e. The van der Waals surface area contributed by atoms with Crippen molar-refractivity contribution < 1.29 is 0 Å². The summed E-state index contributed by atoms with van der Waals surface area (Å²) in [6.45, 7) is 2.07. The number of hydrogen-bond acceptors (Lipinski definition) is 0. The minimum atomic E-state index is -0.101. The molecule has 0 aliphatic rings. The van der Waals surface area contributed by atoms with Crippen LogP contribution in [-0.2, 0) is 0 Å². The first-order valence-corrected chi connectivity index (χ1v) is 6.36. The molecule has 0 nitrogen and oxygen atoms in total. The van der Waals surface area contributed by atoms with Gasteiger partial charge < -0.3 is 0 Å². The zero-order valence-electron chi connectivity index (χ0n) is 8.95. The molecule has 0 aliphatic carbocycles. The molecular formula is C14H12BrCl. The molecule has 1 unspecified atom stereocenters. The van der Waals surface area contributed by atoms with Crippen LogP contribution in [0.4, 0.5) is 0 Å². The standard InChI is InChI=1S/C14H12BrCl/c1-10-6-8-11(9-7-10)14(16)12-4-2-3-5-13(12)15/h2-9,14H,1H3. The van der Waals surface area contributed by atoms with Crippen molar-refractivity contribution >= 4 is 27.5 Å². The Morgan fingerprint density at radius 3 is 2.25 bits per heavy atom. The van der Waals surface area contributed by atoms with Crippen molar-refractivity contribution in [3.8, 4) is 0 Å². The molecule has 0 N–H and O–H groups in total. The maximum Gasteiger partial charge on any atom is 0.0846 e. The van der Waals surface area contributed by atoms with Gasteiger partial charge in [-0.2, -0.15) is 0 Å². The summed E-state index contributed by atoms with van der Waals surface area (Å²) >= 11 is 9.98. The van der Waals surface area contributed by atoms with E-state index in [9.17, 15) is 0 Å². The lowest BCUT2D eigenvalue weighted by Gasteiger charge is -2.12. The second-order valence-corrected chi connectivity index (χ2v) is 5.09. The quantitative estimate of drug-likeness (QED) is 0.677. The molecular weight excluding hydrogens is 284 g/mol. The first-order chi connectivity index (χ1) is 7.68. The monoisotopic (exact) mass is 294 g/mol. The fourth-order valence-electron chi connectivity index (χ4n) is 1.60. The summed E-state index contributed by atoms with van der Waals surface area (Å²) in [6.07, 6.45) is 0. The minimum absolute atomic E-state index is 0.101. The van der Waals surface area contributed by atoms with Gasteiger partial charge in [0.2, 0.25) is 0 Å². The van der Waals surface area contributed by atoms with Crippen molar-refractivity contribution in [2.75, 3.05) is 0 Å². The summed E-state index contributed by atoms with van der Waals surface area (Å²) in [5.41, 5.74) is 3.48. The van der Waals surface area contributed by atoms with E-state index in [0.29, 0.717) is 0 Å². The Hall–Kier alpha value is -0.790. The van der Waals surface area contributed by atoms with Gasteiger partial charge in [0.1, 0.15) is 0 Å². The number of benzene rings is 2. The van der Waals surface area contributed by atoms with E-state index in [1.165, 1.54) is 5.56 Å². The Morgan fingerprint density at radius 2 is 1.62 bits per heavy atom. The minimum Gasteiger partial charge on any atom is -0.113 e. The zero-order valence-corrected chi connectivity index (χ0v) is 11.3. The van der Waals surface area contributed by atoms with Gasteiger partial charge in [0.15, 0.2) is 0 Å². The Labute approximate surface area is 109 Å². The Kier molecular flexibility index (Phi) is 3.67. The lowest BCUT2D eigenvalue weighted by atomic mass is 10.0. The van der Waals surface area contributed by atoms with Gasteiger partial charge in [-0.1, -0.05) is 64.0 Å². The molecule has 0 saturated heterocycles. The smallest absolute Gasteiger partial charge is 0.0846 e. The van der Waals surface area contributed by atoms with E-state index in [-0.39, 0.29) is 5.38 Å². The van der Waals surface area contributed by atoms with Crippen LogP contribution in [0.25, 0.3) is 0 Å². The molecule has 0 aromatic heterocycles. The van der Waals surface area contributed by atoms with Crippen LogP contribution in [0.5, 0.6) is 0 Å². The van der Waals surface area contributed by atoms with E-state index in [1.54, 1.807) is 0 Å². The van der Waals surface area contributed by atoms with E-state index >= 15 is 0 Å². The molecule has 16 heavy (non-hydrogen) atoms. The molecule has 0 spiro atoms.